The summed E-state index contributed by atoms with van der Waals surface area (Å²) in [6.45, 7) is 6.93. The fraction of sp³-hybridized carbons (Fsp3) is 0.400. The van der Waals surface area contributed by atoms with Crippen LogP contribution < -0.4 is 0 Å². The van der Waals surface area contributed by atoms with Gasteiger partial charge < -0.3 is 0 Å². The predicted molar refractivity (Wildman–Crippen MR) is 65.5 cm³/mol. The first-order chi connectivity index (χ1) is 7.05. The second-order valence-corrected chi connectivity index (χ2v) is 5.74. The van der Waals surface area contributed by atoms with Crippen LogP contribution in [0.15, 0.2) is 24.3 Å². The molecule has 0 bridgehead atoms. The minimum absolute atomic E-state index is 0. The molecular formula is C15H17Zr-. The molecular weight excluding hydrogens is 271 g/mol. The van der Waals surface area contributed by atoms with E-state index in [1.54, 1.807) is 11.1 Å². The molecule has 1 aliphatic carbocycles. The van der Waals surface area contributed by atoms with Gasteiger partial charge in [-0.25, -0.2) is 0 Å². The maximum absolute atomic E-state index is 2.41. The van der Waals surface area contributed by atoms with E-state index in [4.69, 9.17) is 0 Å². The van der Waals surface area contributed by atoms with Gasteiger partial charge in [-0.15, -0.1) is 28.5 Å². The van der Waals surface area contributed by atoms with E-state index >= 15 is 0 Å². The topological polar surface area (TPSA) is 0 Å². The summed E-state index contributed by atoms with van der Waals surface area (Å²) in [6, 6.07) is 9.28. The Morgan fingerprint density at radius 2 is 1.75 bits per heavy atom. The van der Waals surface area contributed by atoms with E-state index in [0.29, 0.717) is 5.41 Å². The fourth-order valence-corrected chi connectivity index (χ4v) is 2.92. The number of hydrogen-bond donors (Lipinski definition) is 0. The average molecular weight is 289 g/mol. The quantitative estimate of drug-likeness (QED) is 0.643. The Balaban J connectivity index is 0.000000963. The predicted octanol–water partition coefficient (Wildman–Crippen LogP) is 3.99. The molecule has 0 radical (unpaired) electrons. The summed E-state index contributed by atoms with van der Waals surface area (Å²) < 4.78 is 0. The van der Waals surface area contributed by atoms with Crippen LogP contribution >= 0.6 is 0 Å². The smallest absolute Gasteiger partial charge is 0 e. The molecule has 0 heterocycles. The van der Waals surface area contributed by atoms with Gasteiger partial charge in [0, 0.05) is 26.2 Å². The Kier molecular flexibility index (Phi) is 2.95. The monoisotopic (exact) mass is 287 g/mol. The van der Waals surface area contributed by atoms with E-state index in [9.17, 15) is 0 Å². The summed E-state index contributed by atoms with van der Waals surface area (Å²) in [6.07, 6.45) is 2.48. The molecule has 0 fully saturated rings. The van der Waals surface area contributed by atoms with Gasteiger partial charge in [-0.05, 0) is 18.3 Å². The van der Waals surface area contributed by atoms with Crippen molar-refractivity contribution in [3.63, 3.8) is 0 Å². The third-order valence-corrected chi connectivity index (χ3v) is 3.65. The van der Waals surface area contributed by atoms with Gasteiger partial charge in [0.2, 0.25) is 0 Å². The van der Waals surface area contributed by atoms with Crippen molar-refractivity contribution in [1.29, 1.82) is 0 Å². The minimum Gasteiger partial charge on any atom is -0.168 e. The summed E-state index contributed by atoms with van der Waals surface area (Å²) in [5.41, 5.74) is 5.02. The van der Waals surface area contributed by atoms with E-state index < -0.39 is 0 Å². The molecule has 0 aromatic heterocycles. The zero-order valence-electron chi connectivity index (χ0n) is 10.2. The zero-order chi connectivity index (χ0) is 10.6. The van der Waals surface area contributed by atoms with Gasteiger partial charge in [-0.3, -0.25) is 0 Å². The van der Waals surface area contributed by atoms with Crippen LogP contribution in [-0.2, 0) is 39.0 Å². The molecule has 0 saturated heterocycles. The van der Waals surface area contributed by atoms with Gasteiger partial charge in [-0.2, -0.15) is 12.1 Å². The van der Waals surface area contributed by atoms with Crippen LogP contribution in [0.1, 0.15) is 30.5 Å². The maximum atomic E-state index is 2.41. The third-order valence-electron chi connectivity index (χ3n) is 3.65. The second-order valence-electron chi connectivity index (χ2n) is 5.74. The Morgan fingerprint density at radius 1 is 1.12 bits per heavy atom. The van der Waals surface area contributed by atoms with E-state index in [2.05, 4.69) is 45.0 Å². The van der Waals surface area contributed by atoms with Gasteiger partial charge in [0.05, 0.1) is 0 Å². The average Bonchev–Trinajstić information content (AvgIpc) is 2.62. The molecule has 2 aromatic carbocycles. The molecule has 1 aliphatic rings. The SMILES string of the molecule is C[c-]1ccc2cc3c(cc21)CC(C)(C)C3.[Zr]. The number of fused-ring (bicyclic) bond motifs is 2. The van der Waals surface area contributed by atoms with Crippen LogP contribution in [0.4, 0.5) is 0 Å². The van der Waals surface area contributed by atoms with Crippen molar-refractivity contribution < 1.29 is 26.2 Å². The molecule has 1 heteroatoms. The standard InChI is InChI=1S/C15H17.Zr/c1-10-4-5-11-6-12-8-15(2,3)9-13(12)7-14(10)11;/h4-7H,8-9H2,1-3H3;/q-1;. The molecule has 82 valence electrons. The number of hydrogen-bond acceptors (Lipinski definition) is 0. The number of aryl methyl sites for hydroxylation is 1. The Bertz CT molecular complexity index is 532. The Morgan fingerprint density at radius 3 is 2.44 bits per heavy atom. The molecule has 0 nitrogen and oxygen atoms in total. The summed E-state index contributed by atoms with van der Waals surface area (Å²) in [5, 5.41) is 2.87. The molecule has 0 aliphatic heterocycles. The van der Waals surface area contributed by atoms with Crippen molar-refractivity contribution in [1.82, 2.24) is 0 Å². The van der Waals surface area contributed by atoms with Crippen molar-refractivity contribution in [2.45, 2.75) is 33.6 Å². The van der Waals surface area contributed by atoms with Crippen LogP contribution in [0.2, 0.25) is 0 Å². The van der Waals surface area contributed by atoms with Crippen LogP contribution in [-0.4, -0.2) is 0 Å². The minimum atomic E-state index is 0. The Hall–Kier alpha value is -0.287. The van der Waals surface area contributed by atoms with Gasteiger partial charge >= 0.3 is 0 Å². The molecule has 3 rings (SSSR count). The normalized spacial score (nSPS) is 17.2. The molecule has 0 unspecified atom stereocenters. The summed E-state index contributed by atoms with van der Waals surface area (Å²) >= 11 is 0. The van der Waals surface area contributed by atoms with Gasteiger partial charge in [0.15, 0.2) is 0 Å². The largest absolute Gasteiger partial charge is 0.168 e. The van der Waals surface area contributed by atoms with Gasteiger partial charge in [0.1, 0.15) is 0 Å². The molecule has 2 aromatic rings. The van der Waals surface area contributed by atoms with Crippen molar-refractivity contribution in [2.75, 3.05) is 0 Å². The molecule has 0 N–H and O–H groups in total. The Labute approximate surface area is 117 Å². The van der Waals surface area contributed by atoms with Crippen molar-refractivity contribution in [2.24, 2.45) is 5.41 Å². The number of benzene rings is 1. The van der Waals surface area contributed by atoms with E-state index in [-0.39, 0.29) is 26.2 Å². The first kappa shape index (κ1) is 12.2. The van der Waals surface area contributed by atoms with E-state index in [1.165, 1.54) is 29.2 Å². The van der Waals surface area contributed by atoms with Crippen molar-refractivity contribution in [3.05, 3.63) is 41.0 Å². The van der Waals surface area contributed by atoms with Gasteiger partial charge in [-0.1, -0.05) is 31.9 Å². The molecule has 0 saturated carbocycles. The van der Waals surface area contributed by atoms with Crippen molar-refractivity contribution >= 4 is 10.8 Å². The van der Waals surface area contributed by atoms with Crippen LogP contribution in [0, 0.1) is 12.3 Å². The molecule has 16 heavy (non-hydrogen) atoms. The molecule has 0 atom stereocenters. The third kappa shape index (κ3) is 1.84. The molecule has 0 spiro atoms. The summed E-state index contributed by atoms with van der Waals surface area (Å²) in [4.78, 5) is 0. The van der Waals surface area contributed by atoms with E-state index in [1.807, 2.05) is 0 Å². The fourth-order valence-electron chi connectivity index (χ4n) is 2.92. The van der Waals surface area contributed by atoms with Crippen LogP contribution in [0.5, 0.6) is 0 Å². The first-order valence-corrected chi connectivity index (χ1v) is 5.73. The zero-order valence-corrected chi connectivity index (χ0v) is 12.7. The van der Waals surface area contributed by atoms with Crippen LogP contribution in [0.25, 0.3) is 10.8 Å². The maximum Gasteiger partial charge on any atom is 0 e. The first-order valence-electron chi connectivity index (χ1n) is 5.73. The summed E-state index contributed by atoms with van der Waals surface area (Å²) in [7, 11) is 0. The second kappa shape index (κ2) is 3.88. The van der Waals surface area contributed by atoms with Crippen molar-refractivity contribution in [3.8, 4) is 0 Å². The van der Waals surface area contributed by atoms with E-state index in [0.717, 1.165) is 0 Å². The molecule has 0 amide bonds. The number of rotatable bonds is 0. The van der Waals surface area contributed by atoms with Gasteiger partial charge in [0.25, 0.3) is 0 Å². The summed E-state index contributed by atoms with van der Waals surface area (Å²) in [5.74, 6) is 0. The van der Waals surface area contributed by atoms with Crippen LogP contribution in [0.3, 0.4) is 0 Å².